The second-order valence-electron chi connectivity index (χ2n) is 9.17. The van der Waals surface area contributed by atoms with Gasteiger partial charge in [0.2, 0.25) is 11.8 Å². The highest BCUT2D eigenvalue weighted by Gasteiger charge is 2.49. The predicted molar refractivity (Wildman–Crippen MR) is 121 cm³/mol. The van der Waals surface area contributed by atoms with Gasteiger partial charge < -0.3 is 19.5 Å². The Morgan fingerprint density at radius 3 is 2.66 bits per heavy atom. The lowest BCUT2D eigenvalue weighted by atomic mass is 9.86. The first-order chi connectivity index (χ1) is 15.7. The number of benzene rings is 2. The number of nitrogens with one attached hydrogen (secondary N) is 1. The number of aromatic amines is 1. The molecule has 1 aromatic heterocycles. The molecule has 6 rings (SSSR count). The topological polar surface area (TPSA) is 65.6 Å². The molecule has 2 amide bonds. The van der Waals surface area contributed by atoms with Gasteiger partial charge in [-0.3, -0.25) is 9.59 Å². The third kappa shape index (κ3) is 2.85. The Morgan fingerprint density at radius 1 is 1.03 bits per heavy atom. The number of hydrogen-bond donors (Lipinski definition) is 1. The van der Waals surface area contributed by atoms with E-state index in [4.69, 9.17) is 4.74 Å². The number of nitrogens with zero attached hydrogens (tertiary/aromatic N) is 2. The monoisotopic (exact) mass is 429 g/mol. The molecular weight excluding hydrogens is 402 g/mol. The quantitative estimate of drug-likeness (QED) is 0.689. The number of para-hydroxylation sites is 1. The van der Waals surface area contributed by atoms with Crippen molar-refractivity contribution in [2.75, 3.05) is 13.7 Å². The van der Waals surface area contributed by atoms with Gasteiger partial charge in [0.25, 0.3) is 0 Å². The number of carbonyl (C=O) groups is 2. The lowest BCUT2D eigenvalue weighted by Gasteiger charge is -2.48. The first-order valence-corrected chi connectivity index (χ1v) is 11.5. The van der Waals surface area contributed by atoms with Gasteiger partial charge in [-0.25, -0.2) is 0 Å². The van der Waals surface area contributed by atoms with Gasteiger partial charge in [-0.15, -0.1) is 0 Å². The first kappa shape index (κ1) is 19.4. The molecule has 6 nitrogen and oxygen atoms in total. The van der Waals surface area contributed by atoms with Crippen molar-refractivity contribution in [3.05, 3.63) is 65.4 Å². The highest BCUT2D eigenvalue weighted by Crippen LogP contribution is 2.43. The Labute approximate surface area is 187 Å². The number of hydrogen-bond acceptors (Lipinski definition) is 3. The number of aromatic nitrogens is 1. The van der Waals surface area contributed by atoms with E-state index in [2.05, 4.69) is 17.1 Å². The minimum absolute atomic E-state index is 0.0265. The van der Waals surface area contributed by atoms with E-state index in [1.165, 1.54) is 0 Å². The van der Waals surface area contributed by atoms with Gasteiger partial charge in [-0.2, -0.15) is 0 Å². The third-order valence-corrected chi connectivity index (χ3v) is 7.47. The van der Waals surface area contributed by atoms with E-state index in [1.54, 1.807) is 7.11 Å². The zero-order chi connectivity index (χ0) is 21.8. The SMILES string of the molecule is COc1cccc(C2c3[nH]c4ccccc4c3CC3C(=O)N(C4CCCC4)CC(=O)N32)c1. The molecule has 2 aromatic carbocycles. The fourth-order valence-electron chi connectivity index (χ4n) is 5.97. The predicted octanol–water partition coefficient (Wildman–Crippen LogP) is 3.80. The van der Waals surface area contributed by atoms with Crippen molar-refractivity contribution in [3.8, 4) is 5.75 Å². The summed E-state index contributed by atoms with van der Waals surface area (Å²) < 4.78 is 5.47. The largest absolute Gasteiger partial charge is 0.497 e. The minimum atomic E-state index is -0.472. The molecule has 1 saturated carbocycles. The molecule has 1 N–H and O–H groups in total. The maximum absolute atomic E-state index is 13.8. The van der Waals surface area contributed by atoms with Crippen LogP contribution in [0.4, 0.5) is 0 Å². The number of carbonyl (C=O) groups excluding carboxylic acids is 2. The normalized spacial score (nSPS) is 23.5. The molecule has 1 aliphatic carbocycles. The second kappa shape index (κ2) is 7.40. The van der Waals surface area contributed by atoms with Gasteiger partial charge in [0.05, 0.1) is 13.2 Å². The molecule has 1 saturated heterocycles. The van der Waals surface area contributed by atoms with E-state index in [0.717, 1.165) is 59.2 Å². The summed E-state index contributed by atoms with van der Waals surface area (Å²) in [5, 5.41) is 1.13. The second-order valence-corrected chi connectivity index (χ2v) is 9.17. The first-order valence-electron chi connectivity index (χ1n) is 11.5. The van der Waals surface area contributed by atoms with E-state index >= 15 is 0 Å². The molecule has 2 fully saturated rings. The lowest BCUT2D eigenvalue weighted by molar-refractivity contribution is -0.160. The van der Waals surface area contributed by atoms with Gasteiger partial charge in [-0.05, 0) is 42.2 Å². The summed E-state index contributed by atoms with van der Waals surface area (Å²) >= 11 is 0. The molecule has 0 bridgehead atoms. The molecule has 0 radical (unpaired) electrons. The van der Waals surface area contributed by atoms with Crippen LogP contribution >= 0.6 is 0 Å². The van der Waals surface area contributed by atoms with E-state index in [-0.39, 0.29) is 30.4 Å². The molecule has 6 heteroatoms. The van der Waals surface area contributed by atoms with Gasteiger partial charge in [0.15, 0.2) is 0 Å². The average molecular weight is 430 g/mol. The van der Waals surface area contributed by atoms with Crippen LogP contribution in [-0.2, 0) is 16.0 Å². The fourth-order valence-corrected chi connectivity index (χ4v) is 5.97. The number of ether oxygens (including phenoxy) is 1. The van der Waals surface area contributed by atoms with Crippen LogP contribution in [0.1, 0.15) is 48.5 Å². The standard InChI is InChI=1S/C26H27N3O3/c1-32-18-10-6-7-16(13-18)25-24-20(19-11-4-5-12-21(19)27-24)14-22-26(31)28(15-23(30)29(22)25)17-8-2-3-9-17/h4-7,10-13,17,22,25,27H,2-3,8-9,14-15H2,1H3. The Bertz CT molecular complexity index is 1210. The third-order valence-electron chi connectivity index (χ3n) is 7.47. The number of piperazine rings is 1. The number of amides is 2. The van der Waals surface area contributed by atoms with Crippen LogP contribution in [0.3, 0.4) is 0 Å². The summed E-state index contributed by atoms with van der Waals surface area (Å²) in [5.41, 5.74) is 4.14. The number of methoxy groups -OCH3 is 1. The van der Waals surface area contributed by atoms with Crippen LogP contribution in [0.15, 0.2) is 48.5 Å². The number of fused-ring (bicyclic) bond motifs is 4. The Balaban J connectivity index is 1.51. The van der Waals surface area contributed by atoms with Crippen molar-refractivity contribution >= 4 is 22.7 Å². The molecule has 2 unspecified atom stereocenters. The van der Waals surface area contributed by atoms with Gasteiger partial charge >= 0.3 is 0 Å². The summed E-state index contributed by atoms with van der Waals surface area (Å²) in [7, 11) is 1.65. The van der Waals surface area contributed by atoms with Gasteiger partial charge in [0.1, 0.15) is 18.3 Å². The number of rotatable bonds is 3. The van der Waals surface area contributed by atoms with Crippen LogP contribution < -0.4 is 4.74 Å². The van der Waals surface area contributed by atoms with Crippen molar-refractivity contribution in [1.29, 1.82) is 0 Å². The van der Waals surface area contributed by atoms with E-state index < -0.39 is 6.04 Å². The van der Waals surface area contributed by atoms with Crippen molar-refractivity contribution < 1.29 is 14.3 Å². The molecule has 2 aliphatic heterocycles. The summed E-state index contributed by atoms with van der Waals surface area (Å²) in [6.07, 6.45) is 4.83. The van der Waals surface area contributed by atoms with Crippen molar-refractivity contribution in [1.82, 2.24) is 14.8 Å². The lowest BCUT2D eigenvalue weighted by Crippen LogP contribution is -2.64. The Hall–Kier alpha value is -3.28. The molecule has 164 valence electrons. The average Bonchev–Trinajstić information content (AvgIpc) is 3.48. The molecule has 3 heterocycles. The molecule has 32 heavy (non-hydrogen) atoms. The van der Waals surface area contributed by atoms with Crippen LogP contribution in [0.5, 0.6) is 5.75 Å². The van der Waals surface area contributed by atoms with Crippen molar-refractivity contribution in [2.45, 2.75) is 50.2 Å². The maximum Gasteiger partial charge on any atom is 0.246 e. The molecule has 0 spiro atoms. The van der Waals surface area contributed by atoms with Crippen LogP contribution in [-0.4, -0.2) is 52.3 Å². The summed E-state index contributed by atoms with van der Waals surface area (Å²) in [4.78, 5) is 34.6. The smallest absolute Gasteiger partial charge is 0.246 e. The highest BCUT2D eigenvalue weighted by molar-refractivity contribution is 5.97. The van der Waals surface area contributed by atoms with E-state index in [1.807, 2.05) is 46.2 Å². The zero-order valence-corrected chi connectivity index (χ0v) is 18.2. The summed E-state index contributed by atoms with van der Waals surface area (Å²) in [5.74, 6) is 0.865. The van der Waals surface area contributed by atoms with Crippen molar-refractivity contribution in [2.24, 2.45) is 0 Å². The number of H-pyrrole nitrogens is 1. The summed E-state index contributed by atoms with van der Waals surface area (Å²) in [6, 6.07) is 15.4. The molecular formula is C26H27N3O3. The van der Waals surface area contributed by atoms with Crippen LogP contribution in [0.25, 0.3) is 10.9 Å². The minimum Gasteiger partial charge on any atom is -0.497 e. The molecule has 2 atom stereocenters. The van der Waals surface area contributed by atoms with E-state index in [9.17, 15) is 9.59 Å². The fraction of sp³-hybridized carbons (Fsp3) is 0.385. The van der Waals surface area contributed by atoms with Crippen LogP contribution in [0.2, 0.25) is 0 Å². The Morgan fingerprint density at radius 2 is 1.84 bits per heavy atom. The molecule has 3 aromatic rings. The van der Waals surface area contributed by atoms with Gasteiger partial charge in [0, 0.05) is 29.1 Å². The zero-order valence-electron chi connectivity index (χ0n) is 18.2. The van der Waals surface area contributed by atoms with Crippen molar-refractivity contribution in [3.63, 3.8) is 0 Å². The van der Waals surface area contributed by atoms with E-state index in [0.29, 0.717) is 6.42 Å². The summed E-state index contributed by atoms with van der Waals surface area (Å²) in [6.45, 7) is 0.177. The Kier molecular flexibility index (Phi) is 4.49. The van der Waals surface area contributed by atoms with Gasteiger partial charge in [-0.1, -0.05) is 43.2 Å². The molecule has 3 aliphatic rings. The maximum atomic E-state index is 13.8. The highest BCUT2D eigenvalue weighted by atomic mass is 16.5. The van der Waals surface area contributed by atoms with Crippen LogP contribution in [0, 0.1) is 0 Å².